The van der Waals surface area contributed by atoms with Crippen LogP contribution in [0.4, 0.5) is 0 Å². The average Bonchev–Trinajstić information content (AvgIpc) is 2.98. The van der Waals surface area contributed by atoms with Crippen molar-refractivity contribution in [2.24, 2.45) is 0 Å². The molecule has 0 fully saturated rings. The van der Waals surface area contributed by atoms with Gasteiger partial charge in [-0.1, -0.05) is 19.4 Å². The monoisotopic (exact) mass is 356 g/mol. The summed E-state index contributed by atoms with van der Waals surface area (Å²) in [5.41, 5.74) is 0.807. The first-order valence-electron chi connectivity index (χ1n) is 8.00. The lowest BCUT2D eigenvalue weighted by molar-refractivity contribution is -0.121. The molecule has 1 N–H and O–H groups in total. The Morgan fingerprint density at radius 2 is 2.04 bits per heavy atom. The SMILES string of the molecule is CCCCC(=O)NCCN(Cc1ccc2c(c1)OCO2)S(C)(=O)=O. The van der Waals surface area contributed by atoms with E-state index < -0.39 is 10.0 Å². The molecule has 1 aromatic carbocycles. The van der Waals surface area contributed by atoms with E-state index in [1.165, 1.54) is 10.6 Å². The summed E-state index contributed by atoms with van der Waals surface area (Å²) in [5.74, 6) is 1.23. The number of hydrogen-bond donors (Lipinski definition) is 1. The quantitative estimate of drug-likeness (QED) is 0.724. The van der Waals surface area contributed by atoms with Crippen LogP contribution in [-0.2, 0) is 21.4 Å². The number of unbranched alkanes of at least 4 members (excludes halogenated alkanes) is 1. The molecule has 0 spiro atoms. The summed E-state index contributed by atoms with van der Waals surface area (Å²) in [5, 5.41) is 2.76. The zero-order valence-electron chi connectivity index (χ0n) is 14.1. The number of hydrogen-bond acceptors (Lipinski definition) is 5. The highest BCUT2D eigenvalue weighted by Crippen LogP contribution is 2.32. The van der Waals surface area contributed by atoms with Gasteiger partial charge < -0.3 is 14.8 Å². The van der Waals surface area contributed by atoms with Gasteiger partial charge in [-0.15, -0.1) is 0 Å². The topological polar surface area (TPSA) is 84.9 Å². The molecule has 7 nitrogen and oxygen atoms in total. The van der Waals surface area contributed by atoms with Crippen molar-refractivity contribution in [3.63, 3.8) is 0 Å². The molecule has 1 heterocycles. The molecule has 8 heteroatoms. The van der Waals surface area contributed by atoms with Crippen LogP contribution in [0.5, 0.6) is 11.5 Å². The smallest absolute Gasteiger partial charge is 0.231 e. The van der Waals surface area contributed by atoms with E-state index in [-0.39, 0.29) is 25.8 Å². The molecule has 0 aromatic heterocycles. The van der Waals surface area contributed by atoms with E-state index in [2.05, 4.69) is 5.32 Å². The summed E-state index contributed by atoms with van der Waals surface area (Å²) >= 11 is 0. The molecule has 0 aliphatic carbocycles. The molecule has 134 valence electrons. The van der Waals surface area contributed by atoms with Gasteiger partial charge >= 0.3 is 0 Å². The van der Waals surface area contributed by atoms with Gasteiger partial charge in [0.2, 0.25) is 22.7 Å². The Labute approximate surface area is 143 Å². The van der Waals surface area contributed by atoms with E-state index in [0.717, 1.165) is 18.4 Å². The second-order valence-corrected chi connectivity index (χ2v) is 7.72. The highest BCUT2D eigenvalue weighted by atomic mass is 32.2. The highest BCUT2D eigenvalue weighted by Gasteiger charge is 2.19. The Morgan fingerprint density at radius 1 is 1.29 bits per heavy atom. The van der Waals surface area contributed by atoms with Crippen molar-refractivity contribution < 1.29 is 22.7 Å². The maximum atomic E-state index is 12.0. The van der Waals surface area contributed by atoms with Gasteiger partial charge in [0.15, 0.2) is 11.5 Å². The van der Waals surface area contributed by atoms with Crippen molar-refractivity contribution in [1.29, 1.82) is 0 Å². The maximum absolute atomic E-state index is 12.0. The second kappa shape index (κ2) is 8.34. The van der Waals surface area contributed by atoms with Gasteiger partial charge in [-0.25, -0.2) is 8.42 Å². The lowest BCUT2D eigenvalue weighted by atomic mass is 10.2. The Hall–Kier alpha value is -1.80. The van der Waals surface area contributed by atoms with Gasteiger partial charge in [0.1, 0.15) is 0 Å². The van der Waals surface area contributed by atoms with E-state index in [1.54, 1.807) is 12.1 Å². The van der Waals surface area contributed by atoms with Crippen molar-refractivity contribution in [3.05, 3.63) is 23.8 Å². The standard InChI is InChI=1S/C16H24N2O5S/c1-3-4-5-16(19)17-8-9-18(24(2,20)21)11-13-6-7-14-15(10-13)23-12-22-14/h6-7,10H,3-5,8-9,11-12H2,1-2H3,(H,17,19). The van der Waals surface area contributed by atoms with Crippen LogP contribution in [0.25, 0.3) is 0 Å². The highest BCUT2D eigenvalue weighted by molar-refractivity contribution is 7.88. The maximum Gasteiger partial charge on any atom is 0.231 e. The lowest BCUT2D eigenvalue weighted by Gasteiger charge is -2.20. The number of nitrogens with zero attached hydrogens (tertiary/aromatic N) is 1. The van der Waals surface area contributed by atoms with Crippen molar-refractivity contribution in [2.45, 2.75) is 32.7 Å². The van der Waals surface area contributed by atoms with Crippen LogP contribution < -0.4 is 14.8 Å². The summed E-state index contributed by atoms with van der Waals surface area (Å²) in [7, 11) is -3.38. The third-order valence-corrected chi connectivity index (χ3v) is 4.96. The summed E-state index contributed by atoms with van der Waals surface area (Å²) in [6.07, 6.45) is 3.42. The van der Waals surface area contributed by atoms with Gasteiger partial charge in [0.05, 0.1) is 6.26 Å². The molecular weight excluding hydrogens is 332 g/mol. The Balaban J connectivity index is 1.93. The normalized spacial score (nSPS) is 13.3. The largest absolute Gasteiger partial charge is 0.454 e. The number of sulfonamides is 1. The number of benzene rings is 1. The number of carbonyl (C=O) groups is 1. The van der Waals surface area contributed by atoms with Gasteiger partial charge in [-0.05, 0) is 24.1 Å². The van der Waals surface area contributed by atoms with Crippen LogP contribution in [0.3, 0.4) is 0 Å². The molecule has 0 atom stereocenters. The van der Waals surface area contributed by atoms with Crippen LogP contribution in [0.1, 0.15) is 31.7 Å². The van der Waals surface area contributed by atoms with Gasteiger partial charge in [-0.3, -0.25) is 4.79 Å². The van der Waals surface area contributed by atoms with E-state index in [1.807, 2.05) is 13.0 Å². The number of nitrogens with one attached hydrogen (secondary N) is 1. The van der Waals surface area contributed by atoms with Gasteiger partial charge in [-0.2, -0.15) is 4.31 Å². The first-order valence-corrected chi connectivity index (χ1v) is 9.85. The molecule has 0 bridgehead atoms. The third kappa shape index (κ3) is 5.38. The zero-order valence-corrected chi connectivity index (χ0v) is 14.9. The fourth-order valence-corrected chi connectivity index (χ4v) is 3.16. The van der Waals surface area contributed by atoms with E-state index in [9.17, 15) is 13.2 Å². The van der Waals surface area contributed by atoms with Crippen molar-refractivity contribution >= 4 is 15.9 Å². The van der Waals surface area contributed by atoms with Gasteiger partial charge in [0.25, 0.3) is 0 Å². The van der Waals surface area contributed by atoms with Crippen LogP contribution in [-0.4, -0.2) is 44.8 Å². The Bertz CT molecular complexity index is 675. The minimum Gasteiger partial charge on any atom is -0.454 e. The van der Waals surface area contributed by atoms with Crippen molar-refractivity contribution in [2.75, 3.05) is 26.1 Å². The number of amides is 1. The van der Waals surface area contributed by atoms with E-state index in [4.69, 9.17) is 9.47 Å². The molecule has 0 saturated carbocycles. The Kier molecular flexibility index (Phi) is 6.44. The fraction of sp³-hybridized carbons (Fsp3) is 0.562. The van der Waals surface area contributed by atoms with E-state index in [0.29, 0.717) is 24.5 Å². The summed E-state index contributed by atoms with van der Waals surface area (Å²) in [6, 6.07) is 5.36. The van der Waals surface area contributed by atoms with Crippen molar-refractivity contribution in [1.82, 2.24) is 9.62 Å². The number of rotatable bonds is 9. The molecule has 0 saturated heterocycles. The first-order chi connectivity index (χ1) is 11.4. The predicted molar refractivity (Wildman–Crippen MR) is 90.4 cm³/mol. The third-order valence-electron chi connectivity index (χ3n) is 3.71. The molecule has 1 aliphatic heterocycles. The summed E-state index contributed by atoms with van der Waals surface area (Å²) in [6.45, 7) is 2.94. The minimum absolute atomic E-state index is 0.0478. The molecular formula is C16H24N2O5S. The lowest BCUT2D eigenvalue weighted by Crippen LogP contribution is -2.37. The van der Waals surface area contributed by atoms with Crippen LogP contribution in [0.2, 0.25) is 0 Å². The molecule has 2 rings (SSSR count). The summed E-state index contributed by atoms with van der Waals surface area (Å²) in [4.78, 5) is 11.6. The van der Waals surface area contributed by atoms with Crippen LogP contribution >= 0.6 is 0 Å². The molecule has 1 aliphatic rings. The molecule has 24 heavy (non-hydrogen) atoms. The number of fused-ring (bicyclic) bond motifs is 1. The average molecular weight is 356 g/mol. The van der Waals surface area contributed by atoms with Crippen LogP contribution in [0.15, 0.2) is 18.2 Å². The molecule has 0 unspecified atom stereocenters. The van der Waals surface area contributed by atoms with Crippen LogP contribution in [0, 0.1) is 0 Å². The molecule has 1 amide bonds. The second-order valence-electron chi connectivity index (χ2n) is 5.74. The number of carbonyl (C=O) groups excluding carboxylic acids is 1. The van der Waals surface area contributed by atoms with Crippen molar-refractivity contribution in [3.8, 4) is 11.5 Å². The van der Waals surface area contributed by atoms with E-state index >= 15 is 0 Å². The fourth-order valence-electron chi connectivity index (χ4n) is 2.35. The first kappa shape index (κ1) is 18.5. The number of ether oxygens (including phenoxy) is 2. The Morgan fingerprint density at radius 3 is 2.75 bits per heavy atom. The molecule has 0 radical (unpaired) electrons. The zero-order chi connectivity index (χ0) is 17.6. The van der Waals surface area contributed by atoms with Gasteiger partial charge in [0, 0.05) is 26.1 Å². The molecule has 1 aromatic rings. The minimum atomic E-state index is -3.38. The predicted octanol–water partition coefficient (Wildman–Crippen LogP) is 1.48. The summed E-state index contributed by atoms with van der Waals surface area (Å²) < 4.78 is 35.8.